The first-order chi connectivity index (χ1) is 7.75. The van der Waals surface area contributed by atoms with Crippen LogP contribution in [0, 0.1) is 5.92 Å². The monoisotopic (exact) mass is 224 g/mol. The van der Waals surface area contributed by atoms with Gasteiger partial charge < -0.3 is 10.6 Å². The minimum absolute atomic E-state index is 0.216. The number of hydrogen-bond acceptors (Lipinski definition) is 2. The van der Waals surface area contributed by atoms with Crippen molar-refractivity contribution in [2.24, 2.45) is 5.92 Å². The van der Waals surface area contributed by atoms with Crippen LogP contribution in [0.25, 0.3) is 0 Å². The fraction of sp³-hybridized carbons (Fsp3) is 0.923. The quantitative estimate of drug-likeness (QED) is 0.722. The second kappa shape index (κ2) is 5.67. The molecule has 2 aliphatic carbocycles. The zero-order chi connectivity index (χ0) is 11.4. The van der Waals surface area contributed by atoms with Crippen LogP contribution >= 0.6 is 0 Å². The zero-order valence-corrected chi connectivity index (χ0v) is 10.3. The van der Waals surface area contributed by atoms with E-state index in [0.29, 0.717) is 18.5 Å². The Morgan fingerprint density at radius 3 is 2.56 bits per heavy atom. The zero-order valence-electron chi connectivity index (χ0n) is 10.3. The number of nitrogens with one attached hydrogen (secondary N) is 2. The molecule has 2 aliphatic rings. The molecule has 2 rings (SSSR count). The summed E-state index contributed by atoms with van der Waals surface area (Å²) < 4.78 is 0. The van der Waals surface area contributed by atoms with E-state index < -0.39 is 0 Å². The molecule has 3 nitrogen and oxygen atoms in total. The van der Waals surface area contributed by atoms with Crippen molar-refractivity contribution in [3.05, 3.63) is 0 Å². The minimum Gasteiger partial charge on any atom is -0.353 e. The Morgan fingerprint density at radius 2 is 1.94 bits per heavy atom. The summed E-state index contributed by atoms with van der Waals surface area (Å²) in [7, 11) is 0. The van der Waals surface area contributed by atoms with E-state index in [2.05, 4.69) is 17.6 Å². The van der Waals surface area contributed by atoms with Crippen LogP contribution in [-0.2, 0) is 4.79 Å². The van der Waals surface area contributed by atoms with Crippen LogP contribution in [0.3, 0.4) is 0 Å². The summed E-state index contributed by atoms with van der Waals surface area (Å²) in [5.74, 6) is 1.06. The highest BCUT2D eigenvalue weighted by Crippen LogP contribution is 2.27. The first kappa shape index (κ1) is 11.9. The fourth-order valence-electron chi connectivity index (χ4n) is 2.56. The molecule has 0 aromatic rings. The molecule has 16 heavy (non-hydrogen) atoms. The fourth-order valence-corrected chi connectivity index (χ4v) is 2.56. The van der Waals surface area contributed by atoms with Gasteiger partial charge in [-0.25, -0.2) is 0 Å². The molecule has 0 aliphatic heterocycles. The van der Waals surface area contributed by atoms with Gasteiger partial charge in [-0.3, -0.25) is 4.79 Å². The Kier molecular flexibility index (Phi) is 4.22. The topological polar surface area (TPSA) is 41.1 Å². The Hall–Kier alpha value is -0.570. The van der Waals surface area contributed by atoms with E-state index in [1.54, 1.807) is 0 Å². The molecule has 2 fully saturated rings. The lowest BCUT2D eigenvalue weighted by Crippen LogP contribution is -2.36. The summed E-state index contributed by atoms with van der Waals surface area (Å²) in [5.41, 5.74) is 0. The SMILES string of the molecule is CC(NCCC(=O)NC1CC1)C1CCCC1. The third kappa shape index (κ3) is 3.78. The van der Waals surface area contributed by atoms with Crippen molar-refractivity contribution in [2.75, 3.05) is 6.54 Å². The molecule has 2 saturated carbocycles. The molecule has 1 unspecified atom stereocenters. The minimum atomic E-state index is 0.216. The maximum absolute atomic E-state index is 11.4. The van der Waals surface area contributed by atoms with E-state index in [0.717, 1.165) is 12.5 Å². The first-order valence-electron chi connectivity index (χ1n) is 6.78. The first-order valence-corrected chi connectivity index (χ1v) is 6.78. The number of carbonyl (C=O) groups is 1. The lowest BCUT2D eigenvalue weighted by molar-refractivity contribution is -0.121. The van der Waals surface area contributed by atoms with E-state index in [1.165, 1.54) is 38.5 Å². The van der Waals surface area contributed by atoms with Crippen molar-refractivity contribution in [1.29, 1.82) is 0 Å². The molecule has 0 saturated heterocycles. The van der Waals surface area contributed by atoms with Gasteiger partial charge in [-0.15, -0.1) is 0 Å². The second-order valence-electron chi connectivity index (χ2n) is 5.38. The van der Waals surface area contributed by atoms with Crippen LogP contribution in [0.2, 0.25) is 0 Å². The van der Waals surface area contributed by atoms with Crippen molar-refractivity contribution < 1.29 is 4.79 Å². The summed E-state index contributed by atoms with van der Waals surface area (Å²) >= 11 is 0. The predicted octanol–water partition coefficient (Wildman–Crippen LogP) is 1.82. The Morgan fingerprint density at radius 1 is 1.25 bits per heavy atom. The number of hydrogen-bond donors (Lipinski definition) is 2. The number of rotatable bonds is 6. The van der Waals surface area contributed by atoms with E-state index in [9.17, 15) is 4.79 Å². The standard InChI is InChI=1S/C13H24N2O/c1-10(11-4-2-3-5-11)14-9-8-13(16)15-12-6-7-12/h10-12,14H,2-9H2,1H3,(H,15,16). The molecule has 1 atom stereocenters. The molecule has 2 N–H and O–H groups in total. The van der Waals surface area contributed by atoms with Crippen LogP contribution < -0.4 is 10.6 Å². The predicted molar refractivity (Wildman–Crippen MR) is 65.2 cm³/mol. The van der Waals surface area contributed by atoms with Crippen molar-refractivity contribution >= 4 is 5.91 Å². The van der Waals surface area contributed by atoms with E-state index in [4.69, 9.17) is 0 Å². The molecule has 0 aromatic heterocycles. The van der Waals surface area contributed by atoms with Crippen LogP contribution in [0.5, 0.6) is 0 Å². The van der Waals surface area contributed by atoms with Gasteiger partial charge in [-0.2, -0.15) is 0 Å². The lowest BCUT2D eigenvalue weighted by Gasteiger charge is -2.20. The summed E-state index contributed by atoms with van der Waals surface area (Å²) in [6, 6.07) is 1.08. The Balaban J connectivity index is 1.53. The van der Waals surface area contributed by atoms with Gasteiger partial charge in [0.2, 0.25) is 5.91 Å². The molecular weight excluding hydrogens is 200 g/mol. The molecule has 3 heteroatoms. The van der Waals surface area contributed by atoms with Gasteiger partial charge in [-0.1, -0.05) is 12.8 Å². The maximum Gasteiger partial charge on any atom is 0.221 e. The van der Waals surface area contributed by atoms with E-state index in [-0.39, 0.29) is 5.91 Å². The molecular formula is C13H24N2O. The van der Waals surface area contributed by atoms with Gasteiger partial charge in [0, 0.05) is 25.0 Å². The maximum atomic E-state index is 11.4. The lowest BCUT2D eigenvalue weighted by atomic mass is 10.00. The highest BCUT2D eigenvalue weighted by Gasteiger charge is 2.23. The Bertz CT molecular complexity index is 232. The van der Waals surface area contributed by atoms with Crippen molar-refractivity contribution in [2.45, 2.75) is 64.0 Å². The summed E-state index contributed by atoms with van der Waals surface area (Å²) in [5, 5.41) is 6.51. The highest BCUT2D eigenvalue weighted by atomic mass is 16.1. The van der Waals surface area contributed by atoms with Gasteiger partial charge in [0.25, 0.3) is 0 Å². The molecule has 92 valence electrons. The average molecular weight is 224 g/mol. The van der Waals surface area contributed by atoms with Gasteiger partial charge >= 0.3 is 0 Å². The van der Waals surface area contributed by atoms with Gasteiger partial charge in [0.05, 0.1) is 0 Å². The smallest absolute Gasteiger partial charge is 0.221 e. The van der Waals surface area contributed by atoms with Crippen LogP contribution in [-0.4, -0.2) is 24.5 Å². The molecule has 0 radical (unpaired) electrons. The van der Waals surface area contributed by atoms with Crippen molar-refractivity contribution in [3.63, 3.8) is 0 Å². The van der Waals surface area contributed by atoms with Crippen molar-refractivity contribution in [1.82, 2.24) is 10.6 Å². The molecule has 1 amide bonds. The summed E-state index contributed by atoms with van der Waals surface area (Å²) in [6.45, 7) is 3.09. The average Bonchev–Trinajstić information content (AvgIpc) is 2.90. The normalized spacial score (nSPS) is 23.3. The van der Waals surface area contributed by atoms with Crippen LogP contribution in [0.1, 0.15) is 51.9 Å². The molecule has 0 spiro atoms. The van der Waals surface area contributed by atoms with Crippen LogP contribution in [0.4, 0.5) is 0 Å². The van der Waals surface area contributed by atoms with E-state index >= 15 is 0 Å². The number of amides is 1. The summed E-state index contributed by atoms with van der Waals surface area (Å²) in [4.78, 5) is 11.4. The van der Waals surface area contributed by atoms with Gasteiger partial charge in [0.1, 0.15) is 0 Å². The largest absolute Gasteiger partial charge is 0.353 e. The highest BCUT2D eigenvalue weighted by molar-refractivity contribution is 5.76. The van der Waals surface area contributed by atoms with Gasteiger partial charge in [-0.05, 0) is 38.5 Å². The second-order valence-corrected chi connectivity index (χ2v) is 5.38. The third-order valence-electron chi connectivity index (χ3n) is 3.87. The molecule has 0 bridgehead atoms. The van der Waals surface area contributed by atoms with Gasteiger partial charge in [0.15, 0.2) is 0 Å². The molecule has 0 heterocycles. The van der Waals surface area contributed by atoms with Crippen LogP contribution in [0.15, 0.2) is 0 Å². The summed E-state index contributed by atoms with van der Waals surface area (Å²) in [6.07, 6.45) is 8.49. The molecule has 0 aromatic carbocycles. The van der Waals surface area contributed by atoms with Crippen molar-refractivity contribution in [3.8, 4) is 0 Å². The Labute approximate surface area is 98.4 Å². The van der Waals surface area contributed by atoms with E-state index in [1.807, 2.05) is 0 Å². The third-order valence-corrected chi connectivity index (χ3v) is 3.87. The number of carbonyl (C=O) groups excluding carboxylic acids is 1.